The molecule has 0 unspecified atom stereocenters. The second-order valence-corrected chi connectivity index (χ2v) is 3.85. The van der Waals surface area contributed by atoms with E-state index in [9.17, 15) is 18.0 Å². The van der Waals surface area contributed by atoms with Crippen molar-refractivity contribution in [2.24, 2.45) is 0 Å². The van der Waals surface area contributed by atoms with Crippen LogP contribution in [0.25, 0.3) is 0 Å². The third-order valence-corrected chi connectivity index (χ3v) is 2.53. The Bertz CT molecular complexity index is 661. The molecule has 20 heavy (non-hydrogen) atoms. The van der Waals surface area contributed by atoms with Gasteiger partial charge in [-0.3, -0.25) is 4.79 Å². The van der Waals surface area contributed by atoms with Gasteiger partial charge in [0.1, 0.15) is 11.6 Å². The van der Waals surface area contributed by atoms with E-state index in [2.05, 4.69) is 15.6 Å². The van der Waals surface area contributed by atoms with Crippen LogP contribution in [0.5, 0.6) is 0 Å². The summed E-state index contributed by atoms with van der Waals surface area (Å²) in [5.41, 5.74) is -0.447. The lowest BCUT2D eigenvalue weighted by atomic mass is 10.2. The number of nitrogens with one attached hydrogen (secondary N) is 2. The normalized spacial score (nSPS) is 10.2. The Hall–Kier alpha value is -2.57. The molecule has 0 aliphatic rings. The molecule has 0 spiro atoms. The molecule has 0 atom stereocenters. The first kappa shape index (κ1) is 13.9. The number of rotatable bonds is 3. The summed E-state index contributed by atoms with van der Waals surface area (Å²) >= 11 is 0. The minimum Gasteiger partial charge on any atom is -0.372 e. The molecule has 1 amide bonds. The van der Waals surface area contributed by atoms with Crippen molar-refractivity contribution in [2.75, 3.05) is 17.7 Å². The molecule has 104 valence electrons. The molecular weight excluding hydrogens is 271 g/mol. The fraction of sp³-hybridized carbons (Fsp3) is 0.0769. The van der Waals surface area contributed by atoms with Crippen molar-refractivity contribution in [3.05, 3.63) is 53.5 Å². The molecule has 1 aromatic heterocycles. The Morgan fingerprint density at radius 1 is 1.25 bits per heavy atom. The van der Waals surface area contributed by atoms with E-state index in [1.807, 2.05) is 0 Å². The van der Waals surface area contributed by atoms with E-state index in [0.29, 0.717) is 12.1 Å². The van der Waals surface area contributed by atoms with Gasteiger partial charge in [0.15, 0.2) is 11.6 Å². The van der Waals surface area contributed by atoms with Crippen LogP contribution >= 0.6 is 0 Å². The van der Waals surface area contributed by atoms with Crippen LogP contribution in [0.1, 0.15) is 10.4 Å². The number of benzene rings is 1. The number of aromatic nitrogens is 1. The Labute approximate surface area is 112 Å². The second-order valence-electron chi connectivity index (χ2n) is 3.85. The number of hydrogen-bond donors (Lipinski definition) is 2. The van der Waals surface area contributed by atoms with Crippen molar-refractivity contribution in [1.29, 1.82) is 0 Å². The first-order chi connectivity index (χ1) is 9.52. The van der Waals surface area contributed by atoms with Crippen LogP contribution in [0.15, 0.2) is 30.5 Å². The minimum absolute atomic E-state index is 0.124. The highest BCUT2D eigenvalue weighted by molar-refractivity contribution is 6.07. The summed E-state index contributed by atoms with van der Waals surface area (Å²) in [7, 11) is 1.56. The third-order valence-electron chi connectivity index (χ3n) is 2.53. The fourth-order valence-electron chi connectivity index (χ4n) is 1.62. The Morgan fingerprint density at radius 3 is 2.70 bits per heavy atom. The van der Waals surface area contributed by atoms with E-state index in [0.717, 1.165) is 0 Å². The molecule has 1 heterocycles. The number of halogens is 3. The Balaban J connectivity index is 2.33. The number of amides is 1. The van der Waals surface area contributed by atoms with Gasteiger partial charge in [-0.05, 0) is 12.1 Å². The molecule has 0 saturated carbocycles. The van der Waals surface area contributed by atoms with Crippen LogP contribution in [0.3, 0.4) is 0 Å². The topological polar surface area (TPSA) is 54.0 Å². The molecule has 4 nitrogen and oxygen atoms in total. The summed E-state index contributed by atoms with van der Waals surface area (Å²) in [6, 6.07) is 4.06. The van der Waals surface area contributed by atoms with Gasteiger partial charge in [-0.2, -0.15) is 0 Å². The van der Waals surface area contributed by atoms with Gasteiger partial charge in [0.25, 0.3) is 5.91 Å². The molecule has 1 aromatic carbocycles. The number of hydrogen-bond acceptors (Lipinski definition) is 3. The van der Waals surface area contributed by atoms with Crippen LogP contribution in [0.2, 0.25) is 0 Å². The largest absolute Gasteiger partial charge is 0.372 e. The van der Waals surface area contributed by atoms with Gasteiger partial charge < -0.3 is 10.6 Å². The SMILES string of the molecule is CNc1ncccc1C(=O)Nc1cc(F)cc(F)c1F. The summed E-state index contributed by atoms with van der Waals surface area (Å²) in [4.78, 5) is 15.9. The van der Waals surface area contributed by atoms with Crippen molar-refractivity contribution in [3.8, 4) is 0 Å². The van der Waals surface area contributed by atoms with Crippen LogP contribution in [0, 0.1) is 17.5 Å². The summed E-state index contributed by atoms with van der Waals surface area (Å²) in [6.45, 7) is 0. The lowest BCUT2D eigenvalue weighted by Crippen LogP contribution is -2.16. The quantitative estimate of drug-likeness (QED) is 0.851. The molecular formula is C13H10F3N3O. The van der Waals surface area contributed by atoms with Crippen molar-refractivity contribution in [1.82, 2.24) is 4.98 Å². The average molecular weight is 281 g/mol. The predicted octanol–water partition coefficient (Wildman–Crippen LogP) is 2.79. The average Bonchev–Trinajstić information content (AvgIpc) is 2.44. The molecule has 0 aliphatic heterocycles. The van der Waals surface area contributed by atoms with Gasteiger partial charge in [0.2, 0.25) is 0 Å². The smallest absolute Gasteiger partial charge is 0.259 e. The number of carbonyl (C=O) groups excluding carboxylic acids is 1. The molecule has 0 radical (unpaired) electrons. The Kier molecular flexibility index (Phi) is 3.88. The summed E-state index contributed by atoms with van der Waals surface area (Å²) in [5.74, 6) is -4.15. The van der Waals surface area contributed by atoms with E-state index in [1.54, 1.807) is 7.05 Å². The van der Waals surface area contributed by atoms with Gasteiger partial charge in [-0.15, -0.1) is 0 Å². The first-order valence-corrected chi connectivity index (χ1v) is 5.61. The molecule has 2 rings (SSSR count). The predicted molar refractivity (Wildman–Crippen MR) is 68.1 cm³/mol. The van der Waals surface area contributed by atoms with Crippen molar-refractivity contribution in [2.45, 2.75) is 0 Å². The number of anilines is 2. The molecule has 0 saturated heterocycles. The molecule has 7 heteroatoms. The lowest BCUT2D eigenvalue weighted by Gasteiger charge is -2.09. The van der Waals surface area contributed by atoms with Crippen molar-refractivity contribution < 1.29 is 18.0 Å². The zero-order valence-electron chi connectivity index (χ0n) is 10.4. The van der Waals surface area contributed by atoms with Gasteiger partial charge in [0.05, 0.1) is 11.3 Å². The number of nitrogens with zero attached hydrogens (tertiary/aromatic N) is 1. The summed E-state index contributed by atoms with van der Waals surface area (Å²) in [5, 5.41) is 4.79. The maximum Gasteiger partial charge on any atom is 0.259 e. The zero-order valence-corrected chi connectivity index (χ0v) is 10.4. The van der Waals surface area contributed by atoms with Gasteiger partial charge in [-0.1, -0.05) is 0 Å². The van der Waals surface area contributed by atoms with Gasteiger partial charge >= 0.3 is 0 Å². The van der Waals surface area contributed by atoms with E-state index in [-0.39, 0.29) is 11.4 Å². The minimum atomic E-state index is -1.37. The molecule has 0 bridgehead atoms. The highest BCUT2D eigenvalue weighted by Gasteiger charge is 2.16. The molecule has 2 aromatic rings. The van der Waals surface area contributed by atoms with Gasteiger partial charge in [0, 0.05) is 25.4 Å². The van der Waals surface area contributed by atoms with Crippen molar-refractivity contribution >= 4 is 17.4 Å². The summed E-state index contributed by atoms with van der Waals surface area (Å²) in [6.07, 6.45) is 1.46. The highest BCUT2D eigenvalue weighted by Crippen LogP contribution is 2.21. The Morgan fingerprint density at radius 2 is 2.00 bits per heavy atom. The third kappa shape index (κ3) is 2.71. The molecule has 0 fully saturated rings. The van der Waals surface area contributed by atoms with E-state index < -0.39 is 29.0 Å². The van der Waals surface area contributed by atoms with Crippen LogP contribution in [0.4, 0.5) is 24.7 Å². The highest BCUT2D eigenvalue weighted by atomic mass is 19.2. The maximum atomic E-state index is 13.5. The fourth-order valence-corrected chi connectivity index (χ4v) is 1.62. The molecule has 0 aliphatic carbocycles. The van der Waals surface area contributed by atoms with Crippen molar-refractivity contribution in [3.63, 3.8) is 0 Å². The maximum absolute atomic E-state index is 13.5. The summed E-state index contributed by atoms with van der Waals surface area (Å²) < 4.78 is 39.5. The molecule has 2 N–H and O–H groups in total. The number of carbonyl (C=O) groups is 1. The zero-order chi connectivity index (χ0) is 14.7. The van der Waals surface area contributed by atoms with Gasteiger partial charge in [-0.25, -0.2) is 18.2 Å². The second kappa shape index (κ2) is 5.60. The lowest BCUT2D eigenvalue weighted by molar-refractivity contribution is 0.102. The van der Waals surface area contributed by atoms with E-state index in [4.69, 9.17) is 0 Å². The first-order valence-electron chi connectivity index (χ1n) is 5.61. The van der Waals surface area contributed by atoms with Crippen LogP contribution in [-0.4, -0.2) is 17.9 Å². The van der Waals surface area contributed by atoms with Crippen LogP contribution in [-0.2, 0) is 0 Å². The monoisotopic (exact) mass is 281 g/mol. The number of pyridine rings is 1. The van der Waals surface area contributed by atoms with E-state index >= 15 is 0 Å². The van der Waals surface area contributed by atoms with E-state index in [1.165, 1.54) is 18.3 Å². The standard InChI is InChI=1S/C13H10F3N3O/c1-17-12-8(3-2-4-18-12)13(20)19-10-6-7(14)5-9(15)11(10)16/h2-6H,1H3,(H,17,18)(H,19,20). The van der Waals surface area contributed by atoms with Crippen LogP contribution < -0.4 is 10.6 Å².